The highest BCUT2D eigenvalue weighted by Crippen LogP contribution is 2.43. The summed E-state index contributed by atoms with van der Waals surface area (Å²) in [4.78, 5) is 26.2. The van der Waals surface area contributed by atoms with Crippen LogP contribution in [0.5, 0.6) is 0 Å². The van der Waals surface area contributed by atoms with Crippen LogP contribution in [-0.2, 0) is 0 Å². The van der Waals surface area contributed by atoms with Crippen molar-refractivity contribution in [3.63, 3.8) is 0 Å². The summed E-state index contributed by atoms with van der Waals surface area (Å²) in [5, 5.41) is 22.2. The summed E-state index contributed by atoms with van der Waals surface area (Å²) >= 11 is 6.31. The molecule has 2 bridgehead atoms. The van der Waals surface area contributed by atoms with Crippen LogP contribution in [0.15, 0.2) is 11.0 Å². The van der Waals surface area contributed by atoms with E-state index in [0.717, 1.165) is 25.7 Å². The first-order valence-corrected chi connectivity index (χ1v) is 10.0. The second kappa shape index (κ2) is 6.44. The Balaban J connectivity index is 1.85. The zero-order chi connectivity index (χ0) is 20.4. The van der Waals surface area contributed by atoms with Crippen molar-refractivity contribution in [2.45, 2.75) is 43.8 Å². The third kappa shape index (κ3) is 2.72. The molecule has 2 saturated heterocycles. The molecule has 2 aromatic rings. The van der Waals surface area contributed by atoms with Gasteiger partial charge in [0.05, 0.1) is 21.6 Å². The van der Waals surface area contributed by atoms with Crippen molar-refractivity contribution in [1.29, 1.82) is 5.26 Å². The van der Waals surface area contributed by atoms with Crippen LogP contribution < -0.4 is 15.6 Å². The fourth-order valence-corrected chi connectivity index (χ4v) is 4.97. The van der Waals surface area contributed by atoms with Gasteiger partial charge in [0, 0.05) is 37.4 Å². The van der Waals surface area contributed by atoms with Gasteiger partial charge in [-0.25, -0.2) is 9.18 Å². The van der Waals surface area contributed by atoms with E-state index >= 15 is 4.39 Å². The Morgan fingerprint density at radius 3 is 2.48 bits per heavy atom. The first kappa shape index (κ1) is 18.4. The quantitative estimate of drug-likeness (QED) is 0.798. The van der Waals surface area contributed by atoms with Gasteiger partial charge in [-0.2, -0.15) is 5.26 Å². The van der Waals surface area contributed by atoms with Gasteiger partial charge < -0.3 is 19.9 Å². The Kier molecular flexibility index (Phi) is 4.09. The van der Waals surface area contributed by atoms with Gasteiger partial charge in [0.1, 0.15) is 17.2 Å². The molecule has 3 heterocycles. The van der Waals surface area contributed by atoms with E-state index in [4.69, 9.17) is 11.6 Å². The number of hydrogen-bond acceptors (Lipinski definition) is 5. The van der Waals surface area contributed by atoms with Crippen LogP contribution in [0.2, 0.25) is 5.02 Å². The molecule has 29 heavy (non-hydrogen) atoms. The average Bonchev–Trinajstić information content (AvgIpc) is 3.48. The molecule has 2 N–H and O–H groups in total. The lowest BCUT2D eigenvalue weighted by atomic mass is 10.0. The van der Waals surface area contributed by atoms with Crippen LogP contribution >= 0.6 is 11.6 Å². The number of carboxylic acids is 1. The van der Waals surface area contributed by atoms with Crippen LogP contribution in [0.4, 0.5) is 10.1 Å². The van der Waals surface area contributed by atoms with E-state index in [-0.39, 0.29) is 40.3 Å². The van der Waals surface area contributed by atoms with E-state index in [2.05, 4.69) is 11.4 Å². The second-order valence-corrected chi connectivity index (χ2v) is 8.42. The summed E-state index contributed by atoms with van der Waals surface area (Å²) in [5.41, 5.74) is -0.944. The van der Waals surface area contributed by atoms with Crippen LogP contribution in [0.25, 0.3) is 10.9 Å². The molecule has 1 saturated carbocycles. The maximum atomic E-state index is 15.5. The number of hydrogen-bond donors (Lipinski definition) is 2. The van der Waals surface area contributed by atoms with Gasteiger partial charge in [-0.15, -0.1) is 0 Å². The molecule has 0 amide bonds. The number of rotatable bonds is 3. The lowest BCUT2D eigenvalue weighted by Crippen LogP contribution is -2.51. The zero-order valence-corrected chi connectivity index (χ0v) is 16.2. The van der Waals surface area contributed by atoms with Gasteiger partial charge in [-0.3, -0.25) is 4.79 Å². The maximum absolute atomic E-state index is 15.5. The average molecular weight is 417 g/mol. The number of halogens is 2. The van der Waals surface area contributed by atoms with Gasteiger partial charge in [-0.05, 0) is 25.7 Å². The van der Waals surface area contributed by atoms with Gasteiger partial charge in [0.15, 0.2) is 5.82 Å². The number of piperazine rings is 1. The molecule has 5 rings (SSSR count). The standard InChI is InChI=1S/C20H18ClFN4O3/c21-15-14-17(26(11-3-4-11)8-13(19(14)27)20(28)29)12(5-23)18(16(15)22)25-6-9-1-2-10(7-25)24-9/h8-11,24H,1-4,6-7H2,(H,28,29). The Morgan fingerprint density at radius 2 is 1.93 bits per heavy atom. The number of fused-ring (bicyclic) bond motifs is 3. The number of carbonyl (C=O) groups is 1. The van der Waals surface area contributed by atoms with Crippen molar-refractivity contribution in [1.82, 2.24) is 9.88 Å². The number of nitrogens with one attached hydrogen (secondary N) is 1. The van der Waals surface area contributed by atoms with E-state index in [1.165, 1.54) is 6.20 Å². The van der Waals surface area contributed by atoms with Crippen molar-refractivity contribution in [3.8, 4) is 6.07 Å². The fraction of sp³-hybridized carbons (Fsp3) is 0.450. The molecule has 1 aromatic heterocycles. The Labute approximate surface area is 170 Å². The van der Waals surface area contributed by atoms with Crippen molar-refractivity contribution in [3.05, 3.63) is 38.4 Å². The third-order valence-corrected chi connectivity index (χ3v) is 6.50. The van der Waals surface area contributed by atoms with E-state index in [1.807, 2.05) is 4.90 Å². The molecule has 9 heteroatoms. The number of aromatic carboxylic acids is 1. The Bertz CT molecular complexity index is 1160. The summed E-state index contributed by atoms with van der Waals surface area (Å²) in [6, 6.07) is 2.49. The molecule has 150 valence electrons. The maximum Gasteiger partial charge on any atom is 0.341 e. The van der Waals surface area contributed by atoms with Gasteiger partial charge in [0.2, 0.25) is 5.43 Å². The molecular weight excluding hydrogens is 399 g/mol. The van der Waals surface area contributed by atoms with E-state index in [1.54, 1.807) is 4.57 Å². The summed E-state index contributed by atoms with van der Waals surface area (Å²) < 4.78 is 17.1. The highest BCUT2D eigenvalue weighted by Gasteiger charge is 2.37. The molecule has 7 nitrogen and oxygen atoms in total. The second-order valence-electron chi connectivity index (χ2n) is 8.05. The minimum absolute atomic E-state index is 0.0307. The number of carboxylic acid groups (broad SMARTS) is 1. The predicted molar refractivity (Wildman–Crippen MR) is 105 cm³/mol. The summed E-state index contributed by atoms with van der Waals surface area (Å²) in [6.45, 7) is 1.09. The van der Waals surface area contributed by atoms with E-state index in [9.17, 15) is 20.0 Å². The van der Waals surface area contributed by atoms with E-state index in [0.29, 0.717) is 13.1 Å². The number of benzene rings is 1. The molecule has 0 spiro atoms. The fourth-order valence-electron chi connectivity index (χ4n) is 4.70. The first-order chi connectivity index (χ1) is 13.9. The van der Waals surface area contributed by atoms with Gasteiger partial charge in [-0.1, -0.05) is 11.6 Å². The summed E-state index contributed by atoms with van der Waals surface area (Å²) in [7, 11) is 0. The van der Waals surface area contributed by atoms with E-state index < -0.39 is 27.8 Å². The molecule has 2 atom stereocenters. The van der Waals surface area contributed by atoms with Crippen LogP contribution in [-0.4, -0.2) is 40.8 Å². The SMILES string of the molecule is N#Cc1c(N2CC3CCC(C2)N3)c(F)c(Cl)c2c(=O)c(C(=O)O)cn(C3CC3)c12. The van der Waals surface area contributed by atoms with Crippen molar-refractivity contribution >= 4 is 34.2 Å². The molecule has 1 aromatic carbocycles. The molecule has 1 aliphatic carbocycles. The molecule has 2 unspecified atom stereocenters. The molecule has 2 aliphatic heterocycles. The molecule has 3 fully saturated rings. The van der Waals surface area contributed by atoms with Crippen LogP contribution in [0, 0.1) is 17.1 Å². The van der Waals surface area contributed by atoms with Crippen molar-refractivity contribution in [2.75, 3.05) is 18.0 Å². The van der Waals surface area contributed by atoms with Crippen LogP contribution in [0.3, 0.4) is 0 Å². The smallest absolute Gasteiger partial charge is 0.341 e. The number of nitriles is 1. The molecular formula is C20H18ClFN4O3. The molecule has 0 radical (unpaired) electrons. The summed E-state index contributed by atoms with van der Waals surface area (Å²) in [5.74, 6) is -2.23. The lowest BCUT2D eigenvalue weighted by molar-refractivity contribution is 0.0695. The number of aromatic nitrogens is 1. The Hall–Kier alpha value is -2.63. The largest absolute Gasteiger partial charge is 0.477 e. The minimum atomic E-state index is -1.40. The third-order valence-electron chi connectivity index (χ3n) is 6.14. The van der Waals surface area contributed by atoms with Crippen LogP contribution in [0.1, 0.15) is 47.6 Å². The monoisotopic (exact) mass is 416 g/mol. The van der Waals surface area contributed by atoms with Gasteiger partial charge in [0.25, 0.3) is 0 Å². The highest BCUT2D eigenvalue weighted by molar-refractivity contribution is 6.36. The van der Waals surface area contributed by atoms with Crippen molar-refractivity contribution in [2.24, 2.45) is 0 Å². The number of nitrogens with zero attached hydrogens (tertiary/aromatic N) is 3. The predicted octanol–water partition coefficient (Wildman–Crippen LogP) is 2.64. The topological polar surface area (TPSA) is 98.4 Å². The normalized spacial score (nSPS) is 23.4. The highest BCUT2D eigenvalue weighted by atomic mass is 35.5. The first-order valence-electron chi connectivity index (χ1n) is 9.65. The summed E-state index contributed by atoms with van der Waals surface area (Å²) in [6.07, 6.45) is 4.83. The molecule has 3 aliphatic rings. The Morgan fingerprint density at radius 1 is 1.28 bits per heavy atom. The number of anilines is 1. The lowest BCUT2D eigenvalue weighted by Gasteiger charge is -2.35. The van der Waals surface area contributed by atoms with Crippen molar-refractivity contribution < 1.29 is 14.3 Å². The number of pyridine rings is 1. The zero-order valence-electron chi connectivity index (χ0n) is 15.4. The van der Waals surface area contributed by atoms with Gasteiger partial charge >= 0.3 is 5.97 Å². The minimum Gasteiger partial charge on any atom is -0.477 e.